The summed E-state index contributed by atoms with van der Waals surface area (Å²) in [5, 5.41) is 3.67. The van der Waals surface area contributed by atoms with Crippen molar-refractivity contribution in [3.8, 4) is 5.75 Å². The first kappa shape index (κ1) is 12.3. The van der Waals surface area contributed by atoms with Crippen molar-refractivity contribution in [3.05, 3.63) is 23.8 Å². The summed E-state index contributed by atoms with van der Waals surface area (Å²) >= 11 is 0. The molecule has 1 aromatic carbocycles. The second kappa shape index (κ2) is 4.59. The minimum atomic E-state index is 0.384. The summed E-state index contributed by atoms with van der Waals surface area (Å²) in [4.78, 5) is 0. The van der Waals surface area contributed by atoms with Gasteiger partial charge in [-0.05, 0) is 42.9 Å². The van der Waals surface area contributed by atoms with Gasteiger partial charge in [-0.25, -0.2) is 0 Å². The topological polar surface area (TPSA) is 21.3 Å². The van der Waals surface area contributed by atoms with Gasteiger partial charge < -0.3 is 10.1 Å². The Balaban J connectivity index is 2.20. The van der Waals surface area contributed by atoms with Gasteiger partial charge in [0.2, 0.25) is 0 Å². The highest BCUT2D eigenvalue weighted by Gasteiger charge is 2.34. The zero-order valence-corrected chi connectivity index (χ0v) is 11.3. The molecule has 0 bridgehead atoms. The van der Waals surface area contributed by atoms with Gasteiger partial charge in [-0.3, -0.25) is 0 Å². The fraction of sp³-hybridized carbons (Fsp3) is 0.600. The number of ether oxygens (including phenoxy) is 1. The molecule has 1 fully saturated rings. The van der Waals surface area contributed by atoms with Crippen molar-refractivity contribution in [2.75, 3.05) is 12.4 Å². The quantitative estimate of drug-likeness (QED) is 0.852. The van der Waals surface area contributed by atoms with E-state index < -0.39 is 0 Å². The Bertz CT molecular complexity index is 398. The lowest BCUT2D eigenvalue weighted by Crippen LogP contribution is -2.30. The predicted molar refractivity (Wildman–Crippen MR) is 72.8 cm³/mol. The van der Waals surface area contributed by atoms with E-state index in [-0.39, 0.29) is 0 Å². The number of rotatable bonds is 3. The van der Waals surface area contributed by atoms with Crippen LogP contribution in [-0.2, 0) is 0 Å². The van der Waals surface area contributed by atoms with E-state index in [0.717, 1.165) is 11.4 Å². The number of anilines is 1. The molecule has 1 aliphatic rings. The van der Waals surface area contributed by atoms with E-state index in [1.807, 2.05) is 6.07 Å². The maximum absolute atomic E-state index is 5.42. The normalized spacial score (nSPS) is 22.5. The molecule has 17 heavy (non-hydrogen) atoms. The van der Waals surface area contributed by atoms with E-state index in [4.69, 9.17) is 4.74 Å². The number of aryl methyl sites for hydroxylation is 1. The largest absolute Gasteiger partial charge is 0.495 e. The molecule has 94 valence electrons. The van der Waals surface area contributed by atoms with E-state index in [9.17, 15) is 0 Å². The first-order valence-electron chi connectivity index (χ1n) is 6.44. The molecule has 1 atom stereocenters. The molecule has 1 aliphatic carbocycles. The third kappa shape index (κ3) is 2.56. The molecular formula is C15H23NO. The highest BCUT2D eigenvalue weighted by atomic mass is 16.5. The van der Waals surface area contributed by atoms with Crippen molar-refractivity contribution < 1.29 is 4.74 Å². The maximum atomic E-state index is 5.42. The first-order chi connectivity index (χ1) is 8.03. The van der Waals surface area contributed by atoms with Crippen LogP contribution in [0.5, 0.6) is 5.75 Å². The number of methoxy groups -OCH3 is 1. The Labute approximate surface area is 104 Å². The van der Waals surface area contributed by atoms with E-state index in [1.165, 1.54) is 24.8 Å². The maximum Gasteiger partial charge on any atom is 0.141 e. The van der Waals surface area contributed by atoms with Crippen LogP contribution in [0, 0.1) is 12.3 Å². The first-order valence-corrected chi connectivity index (χ1v) is 6.44. The lowest BCUT2D eigenvalue weighted by Gasteiger charge is -2.29. The highest BCUT2D eigenvalue weighted by Crippen LogP contribution is 2.40. The van der Waals surface area contributed by atoms with Crippen molar-refractivity contribution >= 4 is 5.69 Å². The fourth-order valence-corrected chi connectivity index (χ4v) is 2.72. The van der Waals surface area contributed by atoms with Crippen LogP contribution in [0.15, 0.2) is 18.2 Å². The van der Waals surface area contributed by atoms with Crippen LogP contribution in [-0.4, -0.2) is 13.2 Å². The van der Waals surface area contributed by atoms with Gasteiger partial charge in [0.15, 0.2) is 0 Å². The second-order valence-corrected chi connectivity index (χ2v) is 5.78. The minimum Gasteiger partial charge on any atom is -0.495 e. The average molecular weight is 233 g/mol. The van der Waals surface area contributed by atoms with Crippen molar-refractivity contribution in [2.24, 2.45) is 5.41 Å². The minimum absolute atomic E-state index is 0.384. The molecule has 1 unspecified atom stereocenters. The van der Waals surface area contributed by atoms with Gasteiger partial charge in [0, 0.05) is 6.04 Å². The van der Waals surface area contributed by atoms with Gasteiger partial charge >= 0.3 is 0 Å². The van der Waals surface area contributed by atoms with Gasteiger partial charge in [0.25, 0.3) is 0 Å². The summed E-state index contributed by atoms with van der Waals surface area (Å²) in [6.07, 6.45) is 3.88. The van der Waals surface area contributed by atoms with Crippen LogP contribution >= 0.6 is 0 Å². The molecule has 1 N–H and O–H groups in total. The zero-order valence-electron chi connectivity index (χ0n) is 11.3. The molecule has 2 heteroatoms. The van der Waals surface area contributed by atoms with Crippen LogP contribution < -0.4 is 10.1 Å². The summed E-state index contributed by atoms with van der Waals surface area (Å²) in [6.45, 7) is 6.81. The number of hydrogen-bond acceptors (Lipinski definition) is 2. The molecule has 0 radical (unpaired) electrons. The summed E-state index contributed by atoms with van der Waals surface area (Å²) in [7, 11) is 1.73. The van der Waals surface area contributed by atoms with Crippen molar-refractivity contribution in [1.29, 1.82) is 0 Å². The molecule has 0 saturated heterocycles. The van der Waals surface area contributed by atoms with E-state index >= 15 is 0 Å². The Morgan fingerprint density at radius 3 is 2.71 bits per heavy atom. The van der Waals surface area contributed by atoms with Gasteiger partial charge in [-0.1, -0.05) is 26.3 Å². The Kier molecular flexibility index (Phi) is 3.32. The lowest BCUT2D eigenvalue weighted by molar-refractivity contribution is 0.348. The van der Waals surface area contributed by atoms with Gasteiger partial charge in [-0.15, -0.1) is 0 Å². The smallest absolute Gasteiger partial charge is 0.141 e. The molecule has 2 nitrogen and oxygen atoms in total. The second-order valence-electron chi connectivity index (χ2n) is 5.78. The summed E-state index contributed by atoms with van der Waals surface area (Å²) in [6, 6.07) is 6.86. The molecule has 0 amide bonds. The number of nitrogens with one attached hydrogen (secondary N) is 1. The molecule has 0 heterocycles. The van der Waals surface area contributed by atoms with E-state index in [1.54, 1.807) is 7.11 Å². The van der Waals surface area contributed by atoms with Gasteiger partial charge in [-0.2, -0.15) is 0 Å². The van der Waals surface area contributed by atoms with Crippen LogP contribution in [0.4, 0.5) is 5.69 Å². The molecule has 1 saturated carbocycles. The number of hydrogen-bond donors (Lipinski definition) is 1. The van der Waals surface area contributed by atoms with Crippen molar-refractivity contribution in [2.45, 2.75) is 46.1 Å². The Morgan fingerprint density at radius 1 is 1.35 bits per heavy atom. The van der Waals surface area contributed by atoms with Gasteiger partial charge in [0.1, 0.15) is 5.75 Å². The fourth-order valence-electron chi connectivity index (χ4n) is 2.72. The highest BCUT2D eigenvalue weighted by molar-refractivity contribution is 5.58. The van der Waals surface area contributed by atoms with E-state index in [2.05, 4.69) is 38.2 Å². The molecule has 0 aromatic heterocycles. The molecule has 1 aromatic rings. The van der Waals surface area contributed by atoms with Crippen LogP contribution in [0.2, 0.25) is 0 Å². The molecule has 2 rings (SSSR count). The molecule has 0 spiro atoms. The lowest BCUT2D eigenvalue weighted by atomic mass is 9.87. The van der Waals surface area contributed by atoms with Crippen molar-refractivity contribution in [3.63, 3.8) is 0 Å². The van der Waals surface area contributed by atoms with Crippen LogP contribution in [0.25, 0.3) is 0 Å². The average Bonchev–Trinajstić information content (AvgIpc) is 2.59. The number of benzene rings is 1. The summed E-state index contributed by atoms with van der Waals surface area (Å²) in [5.41, 5.74) is 2.78. The third-order valence-electron chi connectivity index (χ3n) is 3.94. The van der Waals surface area contributed by atoms with E-state index in [0.29, 0.717) is 11.5 Å². The molecule has 0 aliphatic heterocycles. The SMILES string of the molecule is COc1ccc(C)cc1NC1CCCC1(C)C. The monoisotopic (exact) mass is 233 g/mol. The van der Waals surface area contributed by atoms with Crippen LogP contribution in [0.3, 0.4) is 0 Å². The summed E-state index contributed by atoms with van der Waals surface area (Å²) in [5.74, 6) is 0.943. The summed E-state index contributed by atoms with van der Waals surface area (Å²) < 4.78 is 5.42. The van der Waals surface area contributed by atoms with Gasteiger partial charge in [0.05, 0.1) is 12.8 Å². The third-order valence-corrected chi connectivity index (χ3v) is 3.94. The Morgan fingerprint density at radius 2 is 2.12 bits per heavy atom. The predicted octanol–water partition coefficient (Wildman–Crippen LogP) is 3.99. The Hall–Kier alpha value is -1.18. The molecular weight excluding hydrogens is 210 g/mol. The zero-order chi connectivity index (χ0) is 12.5. The standard InChI is InChI=1S/C15H23NO/c1-11-7-8-13(17-4)12(10-11)16-14-6-5-9-15(14,2)3/h7-8,10,14,16H,5-6,9H2,1-4H3. The van der Waals surface area contributed by atoms with Crippen LogP contribution in [0.1, 0.15) is 38.7 Å². The van der Waals surface area contributed by atoms with Crippen molar-refractivity contribution in [1.82, 2.24) is 0 Å².